The molecule has 0 saturated carbocycles. The van der Waals surface area contributed by atoms with E-state index in [4.69, 9.17) is 22.1 Å². The molecule has 1 unspecified atom stereocenters. The van der Waals surface area contributed by atoms with Crippen molar-refractivity contribution in [1.29, 1.82) is 0 Å². The van der Waals surface area contributed by atoms with Crippen molar-refractivity contribution in [3.05, 3.63) is 76.0 Å². The van der Waals surface area contributed by atoms with Crippen LogP contribution in [-0.4, -0.2) is 26.4 Å². The van der Waals surface area contributed by atoms with Crippen LogP contribution < -0.4 is 15.8 Å². The first-order chi connectivity index (χ1) is 15.0. The number of rotatable bonds is 7. The Balaban J connectivity index is 1.77. The fourth-order valence-corrected chi connectivity index (χ4v) is 4.28. The molecule has 0 radical (unpaired) electrons. The molecule has 2 aromatic carbocycles. The maximum Gasteiger partial charge on any atom is 0.248 e. The van der Waals surface area contributed by atoms with Crippen LogP contribution in [0.5, 0.6) is 5.75 Å². The summed E-state index contributed by atoms with van der Waals surface area (Å²) in [4.78, 5) is 17.0. The largest absolute Gasteiger partial charge is 0.488 e. The number of ether oxygens (including phenoxy) is 1. The van der Waals surface area contributed by atoms with Gasteiger partial charge in [-0.15, -0.1) is 5.10 Å². The zero-order valence-corrected chi connectivity index (χ0v) is 18.7. The second kappa shape index (κ2) is 9.03. The number of nitrogens with zero attached hydrogens (tertiary/aromatic N) is 3. The highest BCUT2D eigenvalue weighted by molar-refractivity contribution is 7.99. The average molecular weight is 456 g/mol. The van der Waals surface area contributed by atoms with E-state index in [0.29, 0.717) is 33.1 Å². The molecule has 9 heteroatoms. The number of carbonyl (C=O) groups excluding carboxylic acids is 1. The van der Waals surface area contributed by atoms with E-state index in [-0.39, 0.29) is 6.61 Å². The fourth-order valence-electron chi connectivity index (χ4n) is 3.54. The Hall–Kier alpha value is -2.97. The second-order valence-electron chi connectivity index (χ2n) is 6.94. The molecule has 4 rings (SSSR count). The van der Waals surface area contributed by atoms with E-state index in [1.165, 1.54) is 11.8 Å². The molecule has 31 heavy (non-hydrogen) atoms. The van der Waals surface area contributed by atoms with Crippen molar-refractivity contribution in [2.24, 2.45) is 5.73 Å². The quantitative estimate of drug-likeness (QED) is 0.513. The van der Waals surface area contributed by atoms with Gasteiger partial charge in [0.15, 0.2) is 0 Å². The van der Waals surface area contributed by atoms with Gasteiger partial charge in [-0.2, -0.15) is 4.98 Å². The number of primary amides is 1. The van der Waals surface area contributed by atoms with Crippen molar-refractivity contribution < 1.29 is 9.53 Å². The third-order valence-corrected chi connectivity index (χ3v) is 6.02. The SMILES string of the molecule is CCSc1nc2n(n1)C(c1ccccc1OCc1ccccc1Cl)C(C(N)=O)=C(C)N2. The van der Waals surface area contributed by atoms with Crippen molar-refractivity contribution in [2.45, 2.75) is 31.7 Å². The van der Waals surface area contributed by atoms with Gasteiger partial charge in [0.25, 0.3) is 0 Å². The number of thioether (sulfide) groups is 1. The van der Waals surface area contributed by atoms with Crippen molar-refractivity contribution in [1.82, 2.24) is 14.8 Å². The van der Waals surface area contributed by atoms with Crippen LogP contribution in [0.4, 0.5) is 5.95 Å². The number of nitrogens with one attached hydrogen (secondary N) is 1. The number of halogens is 1. The van der Waals surface area contributed by atoms with Crippen LogP contribution in [-0.2, 0) is 11.4 Å². The lowest BCUT2D eigenvalue weighted by Gasteiger charge is -2.28. The summed E-state index contributed by atoms with van der Waals surface area (Å²) in [6.07, 6.45) is 0. The van der Waals surface area contributed by atoms with Crippen LogP contribution in [0.25, 0.3) is 0 Å². The topological polar surface area (TPSA) is 95.1 Å². The Morgan fingerprint density at radius 2 is 2.00 bits per heavy atom. The summed E-state index contributed by atoms with van der Waals surface area (Å²) in [6, 6.07) is 14.5. The minimum Gasteiger partial charge on any atom is -0.488 e. The number of fused-ring (bicyclic) bond motifs is 1. The van der Waals surface area contributed by atoms with Crippen LogP contribution in [0.15, 0.2) is 65.0 Å². The second-order valence-corrected chi connectivity index (χ2v) is 8.58. The van der Waals surface area contributed by atoms with E-state index in [1.807, 2.05) is 62.4 Å². The number of aromatic nitrogens is 3. The number of hydrogen-bond acceptors (Lipinski definition) is 6. The number of benzene rings is 2. The molecule has 3 aromatic rings. The number of hydrogen-bond donors (Lipinski definition) is 2. The summed E-state index contributed by atoms with van der Waals surface area (Å²) in [5.41, 5.74) is 8.48. The van der Waals surface area contributed by atoms with Gasteiger partial charge in [-0.05, 0) is 24.8 Å². The molecule has 0 bridgehead atoms. The Morgan fingerprint density at radius 1 is 1.26 bits per heavy atom. The standard InChI is InChI=1S/C22H22ClN5O2S/c1-3-31-22-26-21-25-13(2)18(20(24)29)19(28(21)27-22)15-9-5-7-11-17(15)30-12-14-8-4-6-10-16(14)23/h4-11,19H,3,12H2,1-2H3,(H2,24,29)(H,25,26,27). The first kappa shape index (κ1) is 21.3. The van der Waals surface area contributed by atoms with Crippen molar-refractivity contribution in [2.75, 3.05) is 11.1 Å². The highest BCUT2D eigenvalue weighted by Gasteiger charge is 2.35. The van der Waals surface area contributed by atoms with Crippen LogP contribution in [0.1, 0.15) is 31.0 Å². The van der Waals surface area contributed by atoms with Gasteiger partial charge in [-0.1, -0.05) is 66.7 Å². The summed E-state index contributed by atoms with van der Waals surface area (Å²) in [7, 11) is 0. The van der Waals surface area contributed by atoms with E-state index in [1.54, 1.807) is 4.68 Å². The van der Waals surface area contributed by atoms with Crippen LogP contribution in [0.2, 0.25) is 5.02 Å². The zero-order chi connectivity index (χ0) is 22.0. The molecule has 1 atom stereocenters. The smallest absolute Gasteiger partial charge is 0.248 e. The maximum absolute atomic E-state index is 12.4. The normalized spacial score (nSPS) is 15.4. The number of anilines is 1. The van der Waals surface area contributed by atoms with Crippen molar-refractivity contribution in [3.63, 3.8) is 0 Å². The van der Waals surface area contributed by atoms with Gasteiger partial charge in [0.05, 0.1) is 5.57 Å². The van der Waals surface area contributed by atoms with Crippen LogP contribution in [0, 0.1) is 0 Å². The fraction of sp³-hybridized carbons (Fsp3) is 0.227. The molecule has 1 aliphatic rings. The van der Waals surface area contributed by atoms with Gasteiger partial charge in [0.1, 0.15) is 18.4 Å². The predicted octanol–water partition coefficient (Wildman–Crippen LogP) is 4.40. The summed E-state index contributed by atoms with van der Waals surface area (Å²) in [5.74, 6) is 1.49. The Morgan fingerprint density at radius 3 is 2.74 bits per heavy atom. The molecule has 1 aliphatic heterocycles. The first-order valence-corrected chi connectivity index (χ1v) is 11.2. The molecule has 160 valence electrons. The van der Waals surface area contributed by atoms with E-state index < -0.39 is 11.9 Å². The van der Waals surface area contributed by atoms with Gasteiger partial charge in [0, 0.05) is 21.8 Å². The lowest BCUT2D eigenvalue weighted by Crippen LogP contribution is -2.32. The molecule has 0 saturated heterocycles. The van der Waals surface area contributed by atoms with Crippen LogP contribution >= 0.6 is 23.4 Å². The van der Waals surface area contributed by atoms with Crippen molar-refractivity contribution >= 4 is 35.2 Å². The molecule has 2 heterocycles. The highest BCUT2D eigenvalue weighted by Crippen LogP contribution is 2.39. The van der Waals surface area contributed by atoms with Crippen LogP contribution in [0.3, 0.4) is 0 Å². The number of amides is 1. The van der Waals surface area contributed by atoms with Gasteiger partial charge in [-0.3, -0.25) is 4.79 Å². The average Bonchev–Trinajstić information content (AvgIpc) is 3.14. The Bertz CT molecular complexity index is 1160. The summed E-state index contributed by atoms with van der Waals surface area (Å²) in [6.45, 7) is 4.13. The monoisotopic (exact) mass is 455 g/mol. The number of nitrogens with two attached hydrogens (primary N) is 1. The van der Waals surface area contributed by atoms with Gasteiger partial charge in [-0.25, -0.2) is 4.68 Å². The molecule has 0 fully saturated rings. The molecular formula is C22H22ClN5O2S. The first-order valence-electron chi connectivity index (χ1n) is 9.81. The van der Waals surface area contributed by atoms with Gasteiger partial charge >= 0.3 is 0 Å². The summed E-state index contributed by atoms with van der Waals surface area (Å²) in [5, 5.41) is 9.04. The molecule has 1 aromatic heterocycles. The lowest BCUT2D eigenvalue weighted by atomic mass is 9.94. The molecular weight excluding hydrogens is 434 g/mol. The van der Waals surface area contributed by atoms with E-state index >= 15 is 0 Å². The summed E-state index contributed by atoms with van der Waals surface area (Å²) < 4.78 is 7.84. The highest BCUT2D eigenvalue weighted by atomic mass is 35.5. The third-order valence-electron chi connectivity index (χ3n) is 4.93. The van der Waals surface area contributed by atoms with Gasteiger partial charge in [0.2, 0.25) is 17.0 Å². The molecule has 1 amide bonds. The minimum absolute atomic E-state index is 0.289. The van der Waals surface area contributed by atoms with Gasteiger partial charge < -0.3 is 15.8 Å². The van der Waals surface area contributed by atoms with Crippen molar-refractivity contribution in [3.8, 4) is 5.75 Å². The predicted molar refractivity (Wildman–Crippen MR) is 122 cm³/mol. The molecule has 0 spiro atoms. The maximum atomic E-state index is 12.4. The molecule has 0 aliphatic carbocycles. The number of para-hydroxylation sites is 1. The minimum atomic E-state index is -0.560. The Kier molecular flexibility index (Phi) is 6.20. The lowest BCUT2D eigenvalue weighted by molar-refractivity contribution is -0.115. The number of allylic oxidation sites excluding steroid dienone is 1. The zero-order valence-electron chi connectivity index (χ0n) is 17.1. The number of carbonyl (C=O) groups is 1. The van der Waals surface area contributed by atoms with E-state index in [9.17, 15) is 4.79 Å². The van der Waals surface area contributed by atoms with E-state index in [2.05, 4.69) is 15.4 Å². The van der Waals surface area contributed by atoms with E-state index in [0.717, 1.165) is 16.9 Å². The molecule has 3 N–H and O–H groups in total. The summed E-state index contributed by atoms with van der Waals surface area (Å²) >= 11 is 7.81. The third kappa shape index (κ3) is 4.26. The molecule has 7 nitrogen and oxygen atoms in total. The Labute approximate surface area is 189 Å².